The van der Waals surface area contributed by atoms with E-state index >= 15 is 0 Å². The van der Waals surface area contributed by atoms with Gasteiger partial charge in [-0.2, -0.15) is 0 Å². The number of allylic oxidation sites excluding steroid dienone is 2. The first-order chi connectivity index (χ1) is 15.3. The van der Waals surface area contributed by atoms with Crippen molar-refractivity contribution in [3.63, 3.8) is 0 Å². The maximum Gasteiger partial charge on any atom is 0.229 e. The zero-order valence-electron chi connectivity index (χ0n) is 18.3. The van der Waals surface area contributed by atoms with Crippen LogP contribution in [0.1, 0.15) is 63.5 Å². The van der Waals surface area contributed by atoms with Crippen LogP contribution in [0.15, 0.2) is 30.4 Å². The van der Waals surface area contributed by atoms with E-state index in [0.29, 0.717) is 50.2 Å². The first-order valence-corrected chi connectivity index (χ1v) is 12.8. The Morgan fingerprint density at radius 2 is 2.03 bits per heavy atom. The number of carbonyl (C=O) groups excluding carboxylic acids is 2. The fourth-order valence-corrected chi connectivity index (χ4v) is 4.87. The van der Waals surface area contributed by atoms with Gasteiger partial charge in [0.05, 0.1) is 12.4 Å². The molecule has 1 saturated heterocycles. The molecule has 1 saturated carbocycles. The predicted octanol–water partition coefficient (Wildman–Crippen LogP) is 3.37. The van der Waals surface area contributed by atoms with Crippen LogP contribution < -0.4 is 14.8 Å². The van der Waals surface area contributed by atoms with Gasteiger partial charge in [0.2, 0.25) is 21.8 Å². The lowest BCUT2D eigenvalue weighted by molar-refractivity contribution is -0.136. The van der Waals surface area contributed by atoms with Gasteiger partial charge in [-0.15, -0.1) is 0 Å². The molecule has 2 amide bonds. The summed E-state index contributed by atoms with van der Waals surface area (Å²) >= 11 is 0. The van der Waals surface area contributed by atoms with E-state index < -0.39 is 21.9 Å². The summed E-state index contributed by atoms with van der Waals surface area (Å²) in [5.74, 6) is -0.677. The van der Waals surface area contributed by atoms with E-state index in [-0.39, 0.29) is 29.2 Å². The number of sulfonamides is 1. The number of piperidine rings is 1. The molecule has 0 radical (unpaired) electrons. The summed E-state index contributed by atoms with van der Waals surface area (Å²) in [7, 11) is -3.56. The number of halogens is 1. The topological polar surface area (TPSA) is 102 Å². The summed E-state index contributed by atoms with van der Waals surface area (Å²) in [6.45, 7) is 2.34. The van der Waals surface area contributed by atoms with Crippen molar-refractivity contribution in [2.75, 3.05) is 12.4 Å². The highest BCUT2D eigenvalue weighted by atomic mass is 32.2. The van der Waals surface area contributed by atoms with E-state index in [9.17, 15) is 22.4 Å². The first kappa shape index (κ1) is 24.4. The lowest BCUT2D eigenvalue weighted by atomic mass is 9.95. The SMILES string of the molecule is CC[C@@H](NS(=O)(=O)CC/C=C/CC1CCC(=O)NC1=O)c1ccc(F)c(OCC2CC2)c1. The standard InChI is InChI=1S/C23H31FN2O5S/c1-2-20(18-9-11-19(24)21(14-18)31-15-16-7-8-16)26-32(29,30)13-5-3-4-6-17-10-12-22(27)25-23(17)28/h3-4,9,11,14,16-17,20,26H,2,5-8,10,12-13,15H2,1H3,(H,25,27,28)/b4-3+/t17?,20-/m1/s1. The normalized spacial score (nSPS) is 20.4. The molecule has 0 bridgehead atoms. The molecule has 1 aliphatic heterocycles. The molecular weight excluding hydrogens is 435 g/mol. The first-order valence-electron chi connectivity index (χ1n) is 11.2. The molecule has 7 nitrogen and oxygen atoms in total. The fraction of sp³-hybridized carbons (Fsp3) is 0.565. The van der Waals surface area contributed by atoms with Crippen molar-refractivity contribution in [1.82, 2.24) is 10.0 Å². The van der Waals surface area contributed by atoms with Crippen LogP contribution in [0, 0.1) is 17.7 Å². The quantitative estimate of drug-likeness (QED) is 0.363. The summed E-state index contributed by atoms with van der Waals surface area (Å²) in [5, 5.41) is 2.31. The average Bonchev–Trinajstić information content (AvgIpc) is 3.57. The molecule has 1 aromatic carbocycles. The summed E-state index contributed by atoms with van der Waals surface area (Å²) in [4.78, 5) is 22.9. The predicted molar refractivity (Wildman–Crippen MR) is 119 cm³/mol. The number of carbonyl (C=O) groups is 2. The molecule has 1 aromatic rings. The van der Waals surface area contributed by atoms with Gasteiger partial charge in [0, 0.05) is 18.4 Å². The lowest BCUT2D eigenvalue weighted by Gasteiger charge is -2.19. The van der Waals surface area contributed by atoms with Crippen LogP contribution in [0.2, 0.25) is 0 Å². The number of ether oxygens (including phenoxy) is 1. The molecule has 176 valence electrons. The van der Waals surface area contributed by atoms with Crippen molar-refractivity contribution >= 4 is 21.8 Å². The third kappa shape index (κ3) is 7.41. The van der Waals surface area contributed by atoms with E-state index in [4.69, 9.17) is 4.74 Å². The minimum absolute atomic E-state index is 0.0957. The molecule has 2 fully saturated rings. The molecule has 2 atom stereocenters. The van der Waals surface area contributed by atoms with Crippen LogP contribution in [0.4, 0.5) is 4.39 Å². The van der Waals surface area contributed by atoms with Gasteiger partial charge >= 0.3 is 0 Å². The van der Waals surface area contributed by atoms with Crippen LogP contribution in [0.3, 0.4) is 0 Å². The molecular formula is C23H31FN2O5S. The van der Waals surface area contributed by atoms with Crippen molar-refractivity contribution in [2.45, 2.75) is 57.9 Å². The van der Waals surface area contributed by atoms with E-state index in [1.807, 2.05) is 6.92 Å². The van der Waals surface area contributed by atoms with Gasteiger partial charge in [0.15, 0.2) is 11.6 Å². The van der Waals surface area contributed by atoms with Gasteiger partial charge in [-0.3, -0.25) is 14.9 Å². The lowest BCUT2D eigenvalue weighted by Crippen LogP contribution is -2.40. The zero-order valence-corrected chi connectivity index (χ0v) is 19.1. The van der Waals surface area contributed by atoms with Crippen LogP contribution in [-0.2, 0) is 19.6 Å². The highest BCUT2D eigenvalue weighted by Gasteiger charge is 2.25. The maximum atomic E-state index is 14.0. The molecule has 32 heavy (non-hydrogen) atoms. The number of amides is 2. The van der Waals surface area contributed by atoms with Crippen molar-refractivity contribution in [2.24, 2.45) is 11.8 Å². The number of hydrogen-bond donors (Lipinski definition) is 2. The number of nitrogens with one attached hydrogen (secondary N) is 2. The van der Waals surface area contributed by atoms with Gasteiger partial charge in [-0.25, -0.2) is 17.5 Å². The number of imide groups is 1. The molecule has 1 unspecified atom stereocenters. The monoisotopic (exact) mass is 466 g/mol. The van der Waals surface area contributed by atoms with Gasteiger partial charge in [0.25, 0.3) is 0 Å². The largest absolute Gasteiger partial charge is 0.490 e. The average molecular weight is 467 g/mol. The second-order valence-corrected chi connectivity index (χ2v) is 10.4. The van der Waals surface area contributed by atoms with Gasteiger partial charge < -0.3 is 4.74 Å². The maximum absolute atomic E-state index is 14.0. The summed E-state index contributed by atoms with van der Waals surface area (Å²) in [5.41, 5.74) is 0.664. The molecule has 1 aliphatic carbocycles. The molecule has 3 rings (SSSR count). The van der Waals surface area contributed by atoms with E-state index in [0.717, 1.165) is 12.8 Å². The minimum atomic E-state index is -3.56. The van der Waals surface area contributed by atoms with Crippen molar-refractivity contribution in [3.8, 4) is 5.75 Å². The molecule has 0 spiro atoms. The van der Waals surface area contributed by atoms with E-state index in [1.54, 1.807) is 24.3 Å². The third-order valence-electron chi connectivity index (χ3n) is 5.75. The smallest absolute Gasteiger partial charge is 0.229 e. The number of rotatable bonds is 12. The van der Waals surface area contributed by atoms with Crippen LogP contribution in [-0.4, -0.2) is 32.6 Å². The Labute approximate surface area is 188 Å². The van der Waals surface area contributed by atoms with Gasteiger partial charge in [-0.05, 0) is 62.1 Å². The van der Waals surface area contributed by atoms with Crippen molar-refractivity contribution < 1.29 is 27.1 Å². The zero-order chi connectivity index (χ0) is 23.1. The Hall–Kier alpha value is -2.26. The summed E-state index contributed by atoms with van der Waals surface area (Å²) < 4.78 is 47.4. The second kappa shape index (κ2) is 11.0. The number of hydrogen-bond acceptors (Lipinski definition) is 5. The fourth-order valence-electron chi connectivity index (χ4n) is 3.57. The highest BCUT2D eigenvalue weighted by Crippen LogP contribution is 2.31. The van der Waals surface area contributed by atoms with E-state index in [2.05, 4.69) is 10.0 Å². The number of benzene rings is 1. The van der Waals surface area contributed by atoms with Crippen LogP contribution in [0.25, 0.3) is 0 Å². The highest BCUT2D eigenvalue weighted by molar-refractivity contribution is 7.89. The Morgan fingerprint density at radius 1 is 1.25 bits per heavy atom. The van der Waals surface area contributed by atoms with Crippen molar-refractivity contribution in [1.29, 1.82) is 0 Å². The molecule has 9 heteroatoms. The van der Waals surface area contributed by atoms with Gasteiger partial charge in [-0.1, -0.05) is 25.1 Å². The Morgan fingerprint density at radius 3 is 2.72 bits per heavy atom. The molecule has 0 aromatic heterocycles. The molecule has 2 N–H and O–H groups in total. The Balaban J connectivity index is 1.50. The van der Waals surface area contributed by atoms with E-state index in [1.165, 1.54) is 6.07 Å². The third-order valence-corrected chi connectivity index (χ3v) is 7.17. The van der Waals surface area contributed by atoms with Crippen molar-refractivity contribution in [3.05, 3.63) is 41.7 Å². The van der Waals surface area contributed by atoms with Crippen LogP contribution >= 0.6 is 0 Å². The molecule has 2 aliphatic rings. The Kier molecular flexibility index (Phi) is 8.42. The summed E-state index contributed by atoms with van der Waals surface area (Å²) in [6, 6.07) is 3.99. The molecule has 1 heterocycles. The second-order valence-electron chi connectivity index (χ2n) is 8.49. The Bertz CT molecular complexity index is 959. The minimum Gasteiger partial charge on any atom is -0.490 e. The van der Waals surface area contributed by atoms with Crippen LogP contribution in [0.5, 0.6) is 5.75 Å². The summed E-state index contributed by atoms with van der Waals surface area (Å²) in [6.07, 6.45) is 7.86. The van der Waals surface area contributed by atoms with Gasteiger partial charge in [0.1, 0.15) is 0 Å².